The van der Waals surface area contributed by atoms with Gasteiger partial charge in [-0.3, -0.25) is 9.88 Å². The molecule has 1 fully saturated rings. The molecular weight excluding hydrogens is 328 g/mol. The SMILES string of the molecule is CCNc1ccnc(CN2CCN(c3cccc4[nH]c(=O)[nH]c34)CC2)c1. The van der Waals surface area contributed by atoms with Crippen molar-refractivity contribution in [2.75, 3.05) is 42.9 Å². The molecule has 0 amide bonds. The molecule has 0 radical (unpaired) electrons. The highest BCUT2D eigenvalue weighted by Crippen LogP contribution is 2.24. The van der Waals surface area contributed by atoms with Crippen LogP contribution in [0.15, 0.2) is 41.3 Å². The van der Waals surface area contributed by atoms with Crippen molar-refractivity contribution >= 4 is 22.4 Å². The van der Waals surface area contributed by atoms with Gasteiger partial charge in [0.25, 0.3) is 0 Å². The van der Waals surface area contributed by atoms with Crippen LogP contribution in [0.25, 0.3) is 11.0 Å². The van der Waals surface area contributed by atoms with Crippen molar-refractivity contribution in [2.45, 2.75) is 13.5 Å². The monoisotopic (exact) mass is 352 g/mol. The highest BCUT2D eigenvalue weighted by atomic mass is 16.1. The Hall–Kier alpha value is -2.80. The lowest BCUT2D eigenvalue weighted by atomic mass is 10.2. The van der Waals surface area contributed by atoms with Gasteiger partial charge in [0.15, 0.2) is 0 Å². The van der Waals surface area contributed by atoms with Crippen molar-refractivity contribution in [3.05, 3.63) is 52.7 Å². The number of nitrogens with zero attached hydrogens (tertiary/aromatic N) is 3. The van der Waals surface area contributed by atoms with Gasteiger partial charge in [-0.05, 0) is 31.2 Å². The molecule has 1 aliphatic heterocycles. The first-order valence-electron chi connectivity index (χ1n) is 9.10. The summed E-state index contributed by atoms with van der Waals surface area (Å²) in [5.41, 5.74) is 4.91. The zero-order chi connectivity index (χ0) is 17.9. The summed E-state index contributed by atoms with van der Waals surface area (Å²) in [7, 11) is 0. The van der Waals surface area contributed by atoms with Crippen molar-refractivity contribution < 1.29 is 0 Å². The van der Waals surface area contributed by atoms with Crippen LogP contribution in [0.1, 0.15) is 12.6 Å². The third-order valence-corrected chi connectivity index (χ3v) is 4.83. The highest BCUT2D eigenvalue weighted by molar-refractivity contribution is 5.88. The molecule has 1 aromatic carbocycles. The summed E-state index contributed by atoms with van der Waals surface area (Å²) >= 11 is 0. The first-order chi connectivity index (χ1) is 12.7. The number of fused-ring (bicyclic) bond motifs is 1. The lowest BCUT2D eigenvalue weighted by molar-refractivity contribution is 0.247. The normalized spacial score (nSPS) is 15.5. The van der Waals surface area contributed by atoms with Gasteiger partial charge in [-0.2, -0.15) is 0 Å². The van der Waals surface area contributed by atoms with E-state index in [2.05, 4.69) is 49.1 Å². The third-order valence-electron chi connectivity index (χ3n) is 4.83. The Kier molecular flexibility index (Phi) is 4.62. The Morgan fingerprint density at radius 2 is 2.00 bits per heavy atom. The summed E-state index contributed by atoms with van der Waals surface area (Å²) in [5, 5.41) is 3.33. The van der Waals surface area contributed by atoms with Crippen molar-refractivity contribution in [3.63, 3.8) is 0 Å². The molecule has 7 heteroatoms. The quantitative estimate of drug-likeness (QED) is 0.654. The largest absolute Gasteiger partial charge is 0.385 e. The molecule has 2 aromatic heterocycles. The number of H-pyrrole nitrogens is 2. The second kappa shape index (κ2) is 7.21. The van der Waals surface area contributed by atoms with E-state index in [4.69, 9.17) is 0 Å². The smallest absolute Gasteiger partial charge is 0.323 e. The van der Waals surface area contributed by atoms with E-state index in [1.165, 1.54) is 0 Å². The van der Waals surface area contributed by atoms with Crippen LogP contribution in [0, 0.1) is 0 Å². The van der Waals surface area contributed by atoms with Crippen LogP contribution >= 0.6 is 0 Å². The topological polar surface area (TPSA) is 80.1 Å². The third kappa shape index (κ3) is 3.43. The van der Waals surface area contributed by atoms with E-state index in [1.807, 2.05) is 24.4 Å². The molecule has 7 nitrogen and oxygen atoms in total. The number of nitrogens with one attached hydrogen (secondary N) is 3. The molecule has 4 rings (SSSR count). The van der Waals surface area contributed by atoms with Crippen LogP contribution in [0.5, 0.6) is 0 Å². The number of imidazole rings is 1. The maximum absolute atomic E-state index is 11.6. The standard InChI is InChI=1S/C19H24N6O/c1-2-20-14-6-7-21-15(12-14)13-24-8-10-25(11-9-24)17-5-3-4-16-18(17)23-19(26)22-16/h3-7,12H,2,8-11,13H2,1H3,(H,20,21)(H2,22,23,26). The average Bonchev–Trinajstić information content (AvgIpc) is 3.03. The summed E-state index contributed by atoms with van der Waals surface area (Å²) in [6, 6.07) is 10.1. The molecule has 0 aliphatic carbocycles. The summed E-state index contributed by atoms with van der Waals surface area (Å²) in [6.07, 6.45) is 1.87. The maximum Gasteiger partial charge on any atom is 0.323 e. The van der Waals surface area contributed by atoms with E-state index in [0.717, 1.165) is 67.4 Å². The number of rotatable bonds is 5. The second-order valence-corrected chi connectivity index (χ2v) is 6.61. The lowest BCUT2D eigenvalue weighted by Crippen LogP contribution is -2.46. The van der Waals surface area contributed by atoms with E-state index in [-0.39, 0.29) is 5.69 Å². The van der Waals surface area contributed by atoms with Crippen LogP contribution in [0.4, 0.5) is 11.4 Å². The minimum absolute atomic E-state index is 0.155. The number of piperazine rings is 1. The predicted molar refractivity (Wildman–Crippen MR) is 105 cm³/mol. The number of hydrogen-bond acceptors (Lipinski definition) is 5. The van der Waals surface area contributed by atoms with E-state index in [0.29, 0.717) is 0 Å². The molecular formula is C19H24N6O. The van der Waals surface area contributed by atoms with Crippen LogP contribution < -0.4 is 15.9 Å². The lowest BCUT2D eigenvalue weighted by Gasteiger charge is -2.36. The van der Waals surface area contributed by atoms with Crippen LogP contribution in [0.3, 0.4) is 0 Å². The van der Waals surface area contributed by atoms with Crippen molar-refractivity contribution in [1.29, 1.82) is 0 Å². The molecule has 26 heavy (non-hydrogen) atoms. The number of aromatic amines is 2. The average molecular weight is 352 g/mol. The number of anilines is 2. The fraction of sp³-hybridized carbons (Fsp3) is 0.368. The molecule has 3 heterocycles. The van der Waals surface area contributed by atoms with Gasteiger partial charge in [0.1, 0.15) is 0 Å². The zero-order valence-electron chi connectivity index (χ0n) is 15.0. The Labute approximate surface area is 152 Å². The number of para-hydroxylation sites is 1. The van der Waals surface area contributed by atoms with Crippen molar-refractivity contribution in [1.82, 2.24) is 19.9 Å². The van der Waals surface area contributed by atoms with Crippen LogP contribution in [-0.2, 0) is 6.54 Å². The van der Waals surface area contributed by atoms with Crippen molar-refractivity contribution in [3.8, 4) is 0 Å². The fourth-order valence-electron chi connectivity index (χ4n) is 3.56. The number of benzene rings is 1. The molecule has 0 bridgehead atoms. The van der Waals surface area contributed by atoms with Gasteiger partial charge in [0.05, 0.1) is 22.4 Å². The molecule has 0 saturated carbocycles. The van der Waals surface area contributed by atoms with Gasteiger partial charge in [-0.25, -0.2) is 4.79 Å². The Balaban J connectivity index is 1.42. The Morgan fingerprint density at radius 3 is 2.81 bits per heavy atom. The minimum Gasteiger partial charge on any atom is -0.385 e. The summed E-state index contributed by atoms with van der Waals surface area (Å²) < 4.78 is 0. The molecule has 3 aromatic rings. The molecule has 0 atom stereocenters. The van der Waals surface area contributed by atoms with Gasteiger partial charge in [0, 0.05) is 51.2 Å². The van der Waals surface area contributed by atoms with Gasteiger partial charge in [-0.15, -0.1) is 0 Å². The van der Waals surface area contributed by atoms with E-state index < -0.39 is 0 Å². The summed E-state index contributed by atoms with van der Waals surface area (Å²) in [6.45, 7) is 7.67. The second-order valence-electron chi connectivity index (χ2n) is 6.61. The molecule has 136 valence electrons. The van der Waals surface area contributed by atoms with Gasteiger partial charge in [0.2, 0.25) is 0 Å². The predicted octanol–water partition coefficient (Wildman–Crippen LogP) is 2.01. The van der Waals surface area contributed by atoms with E-state index >= 15 is 0 Å². The fourth-order valence-corrected chi connectivity index (χ4v) is 3.56. The summed E-state index contributed by atoms with van der Waals surface area (Å²) in [5.74, 6) is 0. The number of pyridine rings is 1. The van der Waals surface area contributed by atoms with Crippen LogP contribution in [-0.4, -0.2) is 52.6 Å². The molecule has 0 unspecified atom stereocenters. The molecule has 1 saturated heterocycles. The molecule has 1 aliphatic rings. The highest BCUT2D eigenvalue weighted by Gasteiger charge is 2.20. The van der Waals surface area contributed by atoms with Gasteiger partial charge >= 0.3 is 5.69 Å². The molecule has 3 N–H and O–H groups in total. The zero-order valence-corrected chi connectivity index (χ0v) is 15.0. The van der Waals surface area contributed by atoms with Gasteiger partial charge in [-0.1, -0.05) is 6.07 Å². The number of aromatic nitrogens is 3. The first-order valence-corrected chi connectivity index (χ1v) is 9.10. The Bertz CT molecular complexity index is 938. The number of hydrogen-bond donors (Lipinski definition) is 3. The van der Waals surface area contributed by atoms with Crippen molar-refractivity contribution in [2.24, 2.45) is 0 Å². The minimum atomic E-state index is -0.155. The summed E-state index contributed by atoms with van der Waals surface area (Å²) in [4.78, 5) is 26.6. The Morgan fingerprint density at radius 1 is 1.15 bits per heavy atom. The van der Waals surface area contributed by atoms with E-state index in [1.54, 1.807) is 0 Å². The first kappa shape index (κ1) is 16.7. The van der Waals surface area contributed by atoms with E-state index in [9.17, 15) is 4.79 Å². The van der Waals surface area contributed by atoms with Gasteiger partial charge < -0.3 is 20.2 Å². The maximum atomic E-state index is 11.6. The van der Waals surface area contributed by atoms with Crippen LogP contribution in [0.2, 0.25) is 0 Å². The molecule has 0 spiro atoms.